The first-order valence-corrected chi connectivity index (χ1v) is 9.47. The van der Waals surface area contributed by atoms with Crippen LogP contribution in [0.4, 0.5) is 5.69 Å². The summed E-state index contributed by atoms with van der Waals surface area (Å²) in [4.78, 5) is 13.2. The third-order valence-electron chi connectivity index (χ3n) is 6.13. The molecule has 1 amide bonds. The molecule has 4 bridgehead atoms. The van der Waals surface area contributed by atoms with Gasteiger partial charge in [0.1, 0.15) is 11.5 Å². The van der Waals surface area contributed by atoms with E-state index in [0.29, 0.717) is 29.0 Å². The molecule has 130 valence electrons. The van der Waals surface area contributed by atoms with E-state index in [9.17, 15) is 4.79 Å². The molecule has 1 N–H and O–H groups in total. The van der Waals surface area contributed by atoms with E-state index < -0.39 is 0 Å². The van der Waals surface area contributed by atoms with Gasteiger partial charge >= 0.3 is 0 Å². The van der Waals surface area contributed by atoms with Crippen molar-refractivity contribution in [1.29, 1.82) is 0 Å². The zero-order chi connectivity index (χ0) is 16.9. The fourth-order valence-corrected chi connectivity index (χ4v) is 7.04. The van der Waals surface area contributed by atoms with Gasteiger partial charge in [0.25, 0.3) is 0 Å². The summed E-state index contributed by atoms with van der Waals surface area (Å²) in [6, 6.07) is 5.51. The van der Waals surface area contributed by atoms with Crippen molar-refractivity contribution >= 4 is 27.5 Å². The van der Waals surface area contributed by atoms with Crippen LogP contribution in [0.1, 0.15) is 38.5 Å². The van der Waals surface area contributed by atoms with Crippen LogP contribution in [-0.2, 0) is 4.79 Å². The van der Waals surface area contributed by atoms with Crippen molar-refractivity contribution in [2.75, 3.05) is 19.5 Å². The minimum atomic E-state index is -0.234. The minimum Gasteiger partial charge on any atom is -0.497 e. The molecule has 4 fully saturated rings. The number of carbonyl (C=O) groups is 1. The van der Waals surface area contributed by atoms with Gasteiger partial charge in [-0.3, -0.25) is 4.79 Å². The van der Waals surface area contributed by atoms with Crippen LogP contribution in [-0.4, -0.2) is 24.5 Å². The Morgan fingerprint density at radius 2 is 1.88 bits per heavy atom. The van der Waals surface area contributed by atoms with E-state index in [0.717, 1.165) is 19.3 Å². The van der Waals surface area contributed by atoms with Gasteiger partial charge in [-0.15, -0.1) is 0 Å². The summed E-state index contributed by atoms with van der Waals surface area (Å²) in [5.74, 6) is 2.90. The van der Waals surface area contributed by atoms with Gasteiger partial charge in [0.2, 0.25) is 5.91 Å². The molecule has 0 spiro atoms. The van der Waals surface area contributed by atoms with E-state index in [2.05, 4.69) is 21.2 Å². The Kier molecular flexibility index (Phi) is 3.83. The van der Waals surface area contributed by atoms with Crippen LogP contribution in [0, 0.1) is 17.3 Å². The monoisotopic (exact) mass is 393 g/mol. The molecular formula is C19H24BrNO3. The van der Waals surface area contributed by atoms with Crippen LogP contribution in [0.15, 0.2) is 18.2 Å². The summed E-state index contributed by atoms with van der Waals surface area (Å²) in [5.41, 5.74) is 0.461. The van der Waals surface area contributed by atoms with Gasteiger partial charge in [-0.2, -0.15) is 0 Å². The third-order valence-corrected chi connectivity index (χ3v) is 7.05. The van der Waals surface area contributed by atoms with Crippen molar-refractivity contribution in [2.45, 2.75) is 42.8 Å². The number of hydrogen-bond acceptors (Lipinski definition) is 3. The molecule has 0 aromatic heterocycles. The molecule has 4 aliphatic carbocycles. The van der Waals surface area contributed by atoms with Crippen LogP contribution in [0.3, 0.4) is 0 Å². The maximum Gasteiger partial charge on any atom is 0.230 e. The van der Waals surface area contributed by atoms with Crippen LogP contribution < -0.4 is 14.8 Å². The smallest absolute Gasteiger partial charge is 0.230 e. The van der Waals surface area contributed by atoms with Crippen LogP contribution in [0.5, 0.6) is 11.5 Å². The first-order chi connectivity index (χ1) is 11.5. The number of anilines is 1. The van der Waals surface area contributed by atoms with Gasteiger partial charge in [0.15, 0.2) is 0 Å². The summed E-state index contributed by atoms with van der Waals surface area (Å²) in [6.07, 6.45) is 6.74. The number of ether oxygens (including phenoxy) is 2. The van der Waals surface area contributed by atoms with Crippen LogP contribution in [0.25, 0.3) is 0 Å². The number of rotatable bonds is 4. The van der Waals surface area contributed by atoms with E-state index in [1.807, 2.05) is 18.2 Å². The number of alkyl halides is 1. The maximum absolute atomic E-state index is 13.2. The fourth-order valence-electron chi connectivity index (χ4n) is 5.58. The lowest BCUT2D eigenvalue weighted by Crippen LogP contribution is -2.57. The van der Waals surface area contributed by atoms with Gasteiger partial charge in [-0.05, 0) is 62.5 Å². The summed E-state index contributed by atoms with van der Waals surface area (Å²) in [7, 11) is 3.25. The summed E-state index contributed by atoms with van der Waals surface area (Å²) < 4.78 is 10.9. The van der Waals surface area contributed by atoms with Crippen LogP contribution >= 0.6 is 15.9 Å². The van der Waals surface area contributed by atoms with E-state index in [-0.39, 0.29) is 15.6 Å². The minimum absolute atomic E-state index is 0.145. The number of nitrogens with one attached hydrogen (secondary N) is 1. The second-order valence-corrected chi connectivity index (χ2v) is 9.59. The highest BCUT2D eigenvalue weighted by Gasteiger charge is 2.59. The molecule has 0 radical (unpaired) electrons. The maximum atomic E-state index is 13.2. The number of methoxy groups -OCH3 is 2. The zero-order valence-corrected chi connectivity index (χ0v) is 15.8. The van der Waals surface area contributed by atoms with Crippen molar-refractivity contribution in [3.8, 4) is 11.5 Å². The molecule has 2 atom stereocenters. The van der Waals surface area contributed by atoms with E-state index in [4.69, 9.17) is 9.47 Å². The third kappa shape index (κ3) is 2.61. The SMILES string of the molecule is COc1ccc(OC)c(NC(=O)C23CC4CC(CC(Br)(C4)C2)C3)c1. The van der Waals surface area contributed by atoms with Crippen molar-refractivity contribution in [3.05, 3.63) is 18.2 Å². The number of carbonyl (C=O) groups excluding carboxylic acids is 1. The Balaban J connectivity index is 1.61. The lowest BCUT2D eigenvalue weighted by atomic mass is 9.49. The molecule has 0 aliphatic heterocycles. The lowest BCUT2D eigenvalue weighted by Gasteiger charge is -2.59. The number of amides is 1. The van der Waals surface area contributed by atoms with Crippen molar-refractivity contribution < 1.29 is 14.3 Å². The van der Waals surface area contributed by atoms with Gasteiger partial charge < -0.3 is 14.8 Å². The second kappa shape index (κ2) is 5.65. The van der Waals surface area contributed by atoms with Gasteiger partial charge in [0.05, 0.1) is 25.3 Å². The molecule has 5 heteroatoms. The molecule has 4 nitrogen and oxygen atoms in total. The molecule has 0 saturated heterocycles. The Bertz CT molecular complexity index is 661. The largest absolute Gasteiger partial charge is 0.497 e. The number of hydrogen-bond donors (Lipinski definition) is 1. The van der Waals surface area contributed by atoms with Gasteiger partial charge in [0, 0.05) is 10.4 Å². The summed E-state index contributed by atoms with van der Waals surface area (Å²) >= 11 is 3.97. The Morgan fingerprint density at radius 3 is 2.46 bits per heavy atom. The molecule has 24 heavy (non-hydrogen) atoms. The summed E-state index contributed by atoms with van der Waals surface area (Å²) in [5, 5.41) is 3.15. The highest BCUT2D eigenvalue weighted by Crippen LogP contribution is 2.64. The molecular weight excluding hydrogens is 370 g/mol. The highest BCUT2D eigenvalue weighted by atomic mass is 79.9. The molecule has 5 rings (SSSR count). The summed E-state index contributed by atoms with van der Waals surface area (Å²) in [6.45, 7) is 0. The Morgan fingerprint density at radius 1 is 1.17 bits per heavy atom. The van der Waals surface area contributed by atoms with Gasteiger partial charge in [-0.25, -0.2) is 0 Å². The van der Waals surface area contributed by atoms with E-state index in [1.54, 1.807) is 14.2 Å². The quantitative estimate of drug-likeness (QED) is 0.772. The number of halogens is 1. The van der Waals surface area contributed by atoms with Crippen molar-refractivity contribution in [3.63, 3.8) is 0 Å². The molecule has 4 saturated carbocycles. The molecule has 0 heterocycles. The second-order valence-electron chi connectivity index (χ2n) is 7.91. The first-order valence-electron chi connectivity index (χ1n) is 8.68. The average Bonchev–Trinajstić information content (AvgIpc) is 2.52. The van der Waals surface area contributed by atoms with E-state index >= 15 is 0 Å². The Labute approximate surface area is 151 Å². The van der Waals surface area contributed by atoms with Gasteiger partial charge in [-0.1, -0.05) is 15.9 Å². The number of benzene rings is 1. The van der Waals surface area contributed by atoms with Crippen molar-refractivity contribution in [1.82, 2.24) is 0 Å². The van der Waals surface area contributed by atoms with Crippen LogP contribution in [0.2, 0.25) is 0 Å². The predicted molar refractivity (Wildman–Crippen MR) is 96.9 cm³/mol. The zero-order valence-electron chi connectivity index (χ0n) is 14.2. The Hall–Kier alpha value is -1.23. The van der Waals surface area contributed by atoms with Crippen molar-refractivity contribution in [2.24, 2.45) is 17.3 Å². The molecule has 2 unspecified atom stereocenters. The highest BCUT2D eigenvalue weighted by molar-refractivity contribution is 9.10. The average molecular weight is 394 g/mol. The molecule has 1 aromatic rings. The lowest BCUT2D eigenvalue weighted by molar-refractivity contribution is -0.138. The fraction of sp³-hybridized carbons (Fsp3) is 0.632. The topological polar surface area (TPSA) is 47.6 Å². The molecule has 4 aliphatic rings. The standard InChI is InChI=1S/C19H24BrNO3/c1-23-14-3-4-16(24-2)15(6-14)21-17(22)18-7-12-5-13(8-18)10-19(20,9-12)11-18/h3-4,6,12-13H,5,7-11H2,1-2H3,(H,21,22). The molecule has 1 aromatic carbocycles. The van der Waals surface area contributed by atoms with E-state index in [1.165, 1.54) is 19.3 Å². The predicted octanol–water partition coefficient (Wildman–Crippen LogP) is 4.38. The first kappa shape index (κ1) is 16.2. The normalized spacial score (nSPS) is 36.5.